The van der Waals surface area contributed by atoms with Crippen molar-refractivity contribution >= 4 is 11.8 Å². The highest BCUT2D eigenvalue weighted by atomic mass is 16.7. The summed E-state index contributed by atoms with van der Waals surface area (Å²) in [6, 6.07) is 6.92. The fourth-order valence-corrected chi connectivity index (χ4v) is 1.04. The topological polar surface area (TPSA) is 84.6 Å². The Morgan fingerprint density at radius 2 is 2.07 bits per heavy atom. The minimum atomic E-state index is -0.772. The number of carbonyl (C=O) groups excluding carboxylic acids is 1. The largest absolute Gasteiger partial charge is 0.430 e. The zero-order valence-corrected chi connectivity index (χ0v) is 8.06. The van der Waals surface area contributed by atoms with Gasteiger partial charge in [-0.05, 0) is 11.1 Å². The third-order valence-electron chi connectivity index (χ3n) is 1.84. The van der Waals surface area contributed by atoms with Crippen LogP contribution in [0.5, 0.6) is 0 Å². The SMILES string of the molecule is C=C(NC(=O)ON)c1ccc(CO)cc1. The first-order valence-corrected chi connectivity index (χ1v) is 4.24. The van der Waals surface area contributed by atoms with Crippen LogP contribution in [0.2, 0.25) is 0 Å². The van der Waals surface area contributed by atoms with Crippen LogP contribution in [0.25, 0.3) is 5.70 Å². The normalized spacial score (nSPS) is 9.47. The third-order valence-corrected chi connectivity index (χ3v) is 1.84. The van der Waals surface area contributed by atoms with Gasteiger partial charge >= 0.3 is 6.09 Å². The lowest BCUT2D eigenvalue weighted by atomic mass is 10.1. The molecule has 5 nitrogen and oxygen atoms in total. The van der Waals surface area contributed by atoms with Crippen molar-refractivity contribution in [1.29, 1.82) is 0 Å². The van der Waals surface area contributed by atoms with Gasteiger partial charge in [-0.2, -0.15) is 5.90 Å². The molecule has 0 saturated heterocycles. The Morgan fingerprint density at radius 3 is 2.53 bits per heavy atom. The van der Waals surface area contributed by atoms with E-state index in [1.165, 1.54) is 0 Å². The first-order chi connectivity index (χ1) is 7.17. The van der Waals surface area contributed by atoms with Gasteiger partial charge in [0.15, 0.2) is 0 Å². The predicted molar refractivity (Wildman–Crippen MR) is 55.2 cm³/mol. The first kappa shape index (κ1) is 11.2. The van der Waals surface area contributed by atoms with E-state index in [2.05, 4.69) is 22.6 Å². The van der Waals surface area contributed by atoms with Gasteiger partial charge in [-0.3, -0.25) is 5.32 Å². The van der Waals surface area contributed by atoms with Crippen LogP contribution in [0.1, 0.15) is 11.1 Å². The lowest BCUT2D eigenvalue weighted by Crippen LogP contribution is -2.24. The molecule has 1 aromatic carbocycles. The number of aliphatic hydroxyl groups excluding tert-OH is 1. The van der Waals surface area contributed by atoms with Crippen LogP contribution in [0.15, 0.2) is 30.8 Å². The van der Waals surface area contributed by atoms with Crippen LogP contribution in [-0.2, 0) is 11.4 Å². The number of rotatable bonds is 3. The summed E-state index contributed by atoms with van der Waals surface area (Å²) >= 11 is 0. The average molecular weight is 208 g/mol. The van der Waals surface area contributed by atoms with E-state index < -0.39 is 6.09 Å². The number of hydrogen-bond donors (Lipinski definition) is 3. The second-order valence-electron chi connectivity index (χ2n) is 2.86. The lowest BCUT2D eigenvalue weighted by Gasteiger charge is -2.07. The van der Waals surface area contributed by atoms with Crippen LogP contribution in [0.4, 0.5) is 4.79 Å². The molecule has 5 heteroatoms. The highest BCUT2D eigenvalue weighted by molar-refractivity contribution is 5.80. The molecule has 0 atom stereocenters. The van der Waals surface area contributed by atoms with E-state index in [0.29, 0.717) is 5.70 Å². The fraction of sp³-hybridized carbons (Fsp3) is 0.100. The molecular formula is C10H12N2O3. The molecule has 0 radical (unpaired) electrons. The summed E-state index contributed by atoms with van der Waals surface area (Å²) in [5.74, 6) is 4.66. The molecule has 4 N–H and O–H groups in total. The number of amides is 1. The van der Waals surface area contributed by atoms with Crippen molar-refractivity contribution in [2.24, 2.45) is 5.90 Å². The van der Waals surface area contributed by atoms with Crippen molar-refractivity contribution in [2.75, 3.05) is 0 Å². The maximum absolute atomic E-state index is 10.8. The first-order valence-electron chi connectivity index (χ1n) is 4.24. The van der Waals surface area contributed by atoms with E-state index in [0.717, 1.165) is 11.1 Å². The highest BCUT2D eigenvalue weighted by Crippen LogP contribution is 2.11. The Kier molecular flexibility index (Phi) is 3.84. The molecule has 0 bridgehead atoms. The van der Waals surface area contributed by atoms with Gasteiger partial charge in [0.2, 0.25) is 0 Å². The van der Waals surface area contributed by atoms with Crippen molar-refractivity contribution in [2.45, 2.75) is 6.61 Å². The Hall–Kier alpha value is -1.85. The van der Waals surface area contributed by atoms with Gasteiger partial charge in [-0.15, -0.1) is 0 Å². The van der Waals surface area contributed by atoms with Crippen molar-refractivity contribution in [3.05, 3.63) is 42.0 Å². The molecule has 0 spiro atoms. The second-order valence-corrected chi connectivity index (χ2v) is 2.86. The molecule has 0 unspecified atom stereocenters. The number of nitrogens with two attached hydrogens (primary N) is 1. The molecule has 15 heavy (non-hydrogen) atoms. The van der Waals surface area contributed by atoms with Gasteiger partial charge in [0.05, 0.1) is 6.61 Å². The molecule has 0 saturated carbocycles. The Bertz CT molecular complexity index is 359. The molecule has 0 aliphatic carbocycles. The maximum Gasteiger partial charge on any atom is 0.430 e. The number of benzene rings is 1. The molecule has 0 aromatic heterocycles. The van der Waals surface area contributed by atoms with E-state index in [1.807, 2.05) is 0 Å². The molecule has 0 aliphatic rings. The van der Waals surface area contributed by atoms with E-state index in [9.17, 15) is 4.79 Å². The van der Waals surface area contributed by atoms with E-state index >= 15 is 0 Å². The van der Waals surface area contributed by atoms with Crippen LogP contribution in [0.3, 0.4) is 0 Å². The maximum atomic E-state index is 10.8. The van der Waals surface area contributed by atoms with Gasteiger partial charge in [-0.1, -0.05) is 30.8 Å². The number of aliphatic hydroxyl groups is 1. The van der Waals surface area contributed by atoms with Crippen LogP contribution in [-0.4, -0.2) is 11.2 Å². The molecule has 1 aromatic rings. The summed E-state index contributed by atoms with van der Waals surface area (Å²) in [6.45, 7) is 3.62. The quantitative estimate of drug-likeness (QED) is 0.640. The Morgan fingerprint density at radius 1 is 1.47 bits per heavy atom. The smallest absolute Gasteiger partial charge is 0.392 e. The van der Waals surface area contributed by atoms with Crippen molar-refractivity contribution in [1.82, 2.24) is 5.32 Å². The van der Waals surface area contributed by atoms with Crippen LogP contribution in [0, 0.1) is 0 Å². The second kappa shape index (κ2) is 5.14. The minimum absolute atomic E-state index is 0.0228. The van der Waals surface area contributed by atoms with Gasteiger partial charge in [-0.25, -0.2) is 4.79 Å². The van der Waals surface area contributed by atoms with E-state index in [4.69, 9.17) is 5.11 Å². The van der Waals surface area contributed by atoms with Gasteiger partial charge in [0.1, 0.15) is 0 Å². The third kappa shape index (κ3) is 3.08. The predicted octanol–water partition coefficient (Wildman–Crippen LogP) is 0.750. The minimum Gasteiger partial charge on any atom is -0.392 e. The summed E-state index contributed by atoms with van der Waals surface area (Å²) in [5, 5.41) is 11.2. The number of nitrogens with one attached hydrogen (secondary N) is 1. The van der Waals surface area contributed by atoms with Crippen molar-refractivity contribution in [3.8, 4) is 0 Å². The molecular weight excluding hydrogens is 196 g/mol. The van der Waals surface area contributed by atoms with Crippen molar-refractivity contribution < 1.29 is 14.7 Å². The Balaban J connectivity index is 2.70. The highest BCUT2D eigenvalue weighted by Gasteiger charge is 2.04. The summed E-state index contributed by atoms with van der Waals surface area (Å²) in [6.07, 6.45) is -0.772. The number of carbonyl (C=O) groups is 1. The molecule has 0 aliphatic heterocycles. The zero-order chi connectivity index (χ0) is 11.3. The van der Waals surface area contributed by atoms with E-state index in [-0.39, 0.29) is 6.61 Å². The monoisotopic (exact) mass is 208 g/mol. The average Bonchev–Trinajstić information content (AvgIpc) is 2.29. The fourth-order valence-electron chi connectivity index (χ4n) is 1.04. The molecule has 1 amide bonds. The molecule has 0 heterocycles. The van der Waals surface area contributed by atoms with Gasteiger partial charge in [0.25, 0.3) is 0 Å². The van der Waals surface area contributed by atoms with E-state index in [1.54, 1.807) is 24.3 Å². The molecule has 80 valence electrons. The number of hydrogen-bond acceptors (Lipinski definition) is 4. The zero-order valence-electron chi connectivity index (χ0n) is 8.06. The summed E-state index contributed by atoms with van der Waals surface area (Å²) < 4.78 is 0. The lowest BCUT2D eigenvalue weighted by molar-refractivity contribution is 0.152. The summed E-state index contributed by atoms with van der Waals surface area (Å²) in [4.78, 5) is 14.7. The van der Waals surface area contributed by atoms with Gasteiger partial charge in [0, 0.05) is 5.70 Å². The molecule has 0 fully saturated rings. The van der Waals surface area contributed by atoms with Crippen LogP contribution < -0.4 is 11.2 Å². The van der Waals surface area contributed by atoms with Crippen LogP contribution >= 0.6 is 0 Å². The van der Waals surface area contributed by atoms with Gasteiger partial charge < -0.3 is 9.94 Å². The Labute approximate surface area is 87.1 Å². The standard InChI is InChI=1S/C10H12N2O3/c1-7(12-10(14)15-11)9-4-2-8(6-13)3-5-9/h2-5,13H,1,6,11H2,(H,12,14). The van der Waals surface area contributed by atoms with Crippen molar-refractivity contribution in [3.63, 3.8) is 0 Å². The summed E-state index contributed by atoms with van der Waals surface area (Å²) in [7, 11) is 0. The summed E-state index contributed by atoms with van der Waals surface area (Å²) in [5.41, 5.74) is 1.89. The molecule has 1 rings (SSSR count).